The van der Waals surface area contributed by atoms with Crippen molar-refractivity contribution in [2.45, 2.75) is 20.0 Å². The highest BCUT2D eigenvalue weighted by molar-refractivity contribution is 5.80. The molecule has 1 saturated heterocycles. The molecule has 8 nitrogen and oxygen atoms in total. The van der Waals surface area contributed by atoms with Gasteiger partial charge in [0.05, 0.1) is 12.1 Å². The average Bonchev–Trinajstić information content (AvgIpc) is 2.90. The van der Waals surface area contributed by atoms with Crippen molar-refractivity contribution < 1.29 is 4.79 Å². The Morgan fingerprint density at radius 3 is 2.29 bits per heavy atom. The van der Waals surface area contributed by atoms with E-state index in [1.165, 1.54) is 15.3 Å². The Morgan fingerprint density at radius 1 is 0.857 bits per heavy atom. The molecule has 0 bridgehead atoms. The summed E-state index contributed by atoms with van der Waals surface area (Å²) in [5.41, 5.74) is 2.66. The molecule has 178 valence electrons. The lowest BCUT2D eigenvalue weighted by Gasteiger charge is -2.36. The number of carbonyl (C=O) groups is 1. The van der Waals surface area contributed by atoms with Gasteiger partial charge in [-0.15, -0.1) is 0 Å². The highest BCUT2D eigenvalue weighted by Crippen LogP contribution is 2.16. The van der Waals surface area contributed by atoms with Gasteiger partial charge in [0.2, 0.25) is 5.91 Å². The number of fused-ring (bicyclic) bond motifs is 1. The number of pyridine rings is 1. The molecule has 4 aromatic rings. The van der Waals surface area contributed by atoms with E-state index in [2.05, 4.69) is 22.0 Å². The van der Waals surface area contributed by atoms with Gasteiger partial charge in [0.15, 0.2) is 5.52 Å². The summed E-state index contributed by atoms with van der Waals surface area (Å²) in [4.78, 5) is 48.1. The number of amides is 1. The molecular formula is C27H27N5O3. The van der Waals surface area contributed by atoms with Crippen LogP contribution in [0.4, 0.5) is 5.69 Å². The second-order valence-electron chi connectivity index (χ2n) is 8.82. The van der Waals surface area contributed by atoms with E-state index in [1.807, 2.05) is 49.4 Å². The summed E-state index contributed by atoms with van der Waals surface area (Å²) < 4.78 is 2.55. The molecule has 0 atom stereocenters. The first-order valence-electron chi connectivity index (χ1n) is 11.7. The molecule has 0 aliphatic carbocycles. The van der Waals surface area contributed by atoms with Crippen LogP contribution in [0, 0.1) is 6.92 Å². The van der Waals surface area contributed by atoms with E-state index in [0.29, 0.717) is 18.6 Å². The van der Waals surface area contributed by atoms with Gasteiger partial charge in [-0.1, -0.05) is 48.0 Å². The Kier molecular flexibility index (Phi) is 6.18. The van der Waals surface area contributed by atoms with Gasteiger partial charge < -0.3 is 9.80 Å². The van der Waals surface area contributed by atoms with Crippen LogP contribution >= 0.6 is 0 Å². The fraction of sp³-hybridized carbons (Fsp3) is 0.259. The summed E-state index contributed by atoms with van der Waals surface area (Å²) in [5.74, 6) is -0.148. The third-order valence-electron chi connectivity index (χ3n) is 6.50. The highest BCUT2D eigenvalue weighted by atomic mass is 16.2. The topological polar surface area (TPSA) is 80.4 Å². The third kappa shape index (κ3) is 4.59. The van der Waals surface area contributed by atoms with Gasteiger partial charge in [-0.3, -0.25) is 18.7 Å². The zero-order chi connectivity index (χ0) is 24.4. The van der Waals surface area contributed by atoms with Gasteiger partial charge in [0, 0.05) is 38.1 Å². The van der Waals surface area contributed by atoms with Crippen molar-refractivity contribution >= 4 is 22.6 Å². The highest BCUT2D eigenvalue weighted by Gasteiger charge is 2.23. The minimum Gasteiger partial charge on any atom is -0.368 e. The first kappa shape index (κ1) is 22.6. The maximum Gasteiger partial charge on any atom is 0.332 e. The molecule has 0 unspecified atom stereocenters. The number of hydrogen-bond donors (Lipinski definition) is 0. The van der Waals surface area contributed by atoms with Gasteiger partial charge in [-0.2, -0.15) is 0 Å². The lowest BCUT2D eigenvalue weighted by Crippen LogP contribution is -2.51. The van der Waals surface area contributed by atoms with Crippen LogP contribution < -0.4 is 16.1 Å². The van der Waals surface area contributed by atoms with E-state index in [1.54, 1.807) is 17.0 Å². The number of para-hydroxylation sites is 1. The first-order chi connectivity index (χ1) is 17.0. The Hall–Kier alpha value is -4.20. The largest absolute Gasteiger partial charge is 0.368 e. The van der Waals surface area contributed by atoms with E-state index >= 15 is 0 Å². The zero-order valence-electron chi connectivity index (χ0n) is 19.6. The van der Waals surface area contributed by atoms with Gasteiger partial charge >= 0.3 is 5.69 Å². The Bertz CT molecular complexity index is 1470. The normalized spacial score (nSPS) is 13.9. The molecule has 8 heteroatoms. The average molecular weight is 470 g/mol. The van der Waals surface area contributed by atoms with Crippen molar-refractivity contribution in [2.24, 2.45) is 0 Å². The van der Waals surface area contributed by atoms with Crippen LogP contribution in [0.25, 0.3) is 11.0 Å². The fourth-order valence-electron chi connectivity index (χ4n) is 4.50. The molecule has 1 fully saturated rings. The molecule has 1 aliphatic rings. The first-order valence-corrected chi connectivity index (χ1v) is 11.7. The molecule has 3 heterocycles. The Balaban J connectivity index is 1.42. The number of carbonyl (C=O) groups excluding carboxylic acids is 1. The summed E-state index contributed by atoms with van der Waals surface area (Å²) >= 11 is 0. The van der Waals surface area contributed by atoms with E-state index in [0.717, 1.165) is 29.9 Å². The molecule has 35 heavy (non-hydrogen) atoms. The quantitative estimate of drug-likeness (QED) is 0.448. The van der Waals surface area contributed by atoms with E-state index in [9.17, 15) is 14.4 Å². The van der Waals surface area contributed by atoms with Crippen LogP contribution in [0.1, 0.15) is 11.1 Å². The predicted molar refractivity (Wildman–Crippen MR) is 136 cm³/mol. The van der Waals surface area contributed by atoms with Crippen LogP contribution in [0.5, 0.6) is 0 Å². The third-order valence-corrected chi connectivity index (χ3v) is 6.50. The number of benzene rings is 2. The number of piperazine rings is 1. The summed E-state index contributed by atoms with van der Waals surface area (Å²) in [5, 5.41) is 0. The summed E-state index contributed by atoms with van der Waals surface area (Å²) in [6.45, 7) is 4.55. The standard InChI is InChI=1S/C27H27N5O3/c1-20-9-11-21(12-10-20)18-32-26(34)25-23(8-5-13-28-25)31(27(32)35)19-24(33)30-16-14-29(15-17-30)22-6-3-2-4-7-22/h2-13H,14-19H2,1H3. The molecule has 0 radical (unpaired) electrons. The lowest BCUT2D eigenvalue weighted by molar-refractivity contribution is -0.132. The Labute approximate surface area is 202 Å². The minimum absolute atomic E-state index is 0.119. The van der Waals surface area contributed by atoms with Crippen LogP contribution in [0.3, 0.4) is 0 Å². The van der Waals surface area contributed by atoms with Crippen LogP contribution in [-0.2, 0) is 17.9 Å². The van der Waals surface area contributed by atoms with E-state index in [-0.39, 0.29) is 24.5 Å². The summed E-state index contributed by atoms with van der Waals surface area (Å²) in [6.07, 6.45) is 1.53. The number of anilines is 1. The molecule has 0 saturated carbocycles. The maximum absolute atomic E-state index is 13.4. The smallest absolute Gasteiger partial charge is 0.332 e. The van der Waals surface area contributed by atoms with Gasteiger partial charge in [0.1, 0.15) is 6.54 Å². The van der Waals surface area contributed by atoms with Crippen molar-refractivity contribution in [1.82, 2.24) is 19.0 Å². The molecule has 2 aromatic carbocycles. The Morgan fingerprint density at radius 2 is 1.57 bits per heavy atom. The van der Waals surface area contributed by atoms with Crippen molar-refractivity contribution in [3.05, 3.63) is 105 Å². The zero-order valence-corrected chi connectivity index (χ0v) is 19.6. The van der Waals surface area contributed by atoms with E-state index in [4.69, 9.17) is 0 Å². The van der Waals surface area contributed by atoms with Gasteiger partial charge in [-0.05, 0) is 36.8 Å². The van der Waals surface area contributed by atoms with Crippen LogP contribution in [-0.4, -0.2) is 51.1 Å². The molecular weight excluding hydrogens is 442 g/mol. The second-order valence-corrected chi connectivity index (χ2v) is 8.82. The molecule has 1 aliphatic heterocycles. The monoisotopic (exact) mass is 469 g/mol. The van der Waals surface area contributed by atoms with Crippen molar-refractivity contribution in [1.29, 1.82) is 0 Å². The van der Waals surface area contributed by atoms with Crippen LogP contribution in [0.2, 0.25) is 0 Å². The predicted octanol–water partition coefficient (Wildman–Crippen LogP) is 2.26. The second kappa shape index (κ2) is 9.58. The van der Waals surface area contributed by atoms with Gasteiger partial charge in [-0.25, -0.2) is 9.78 Å². The number of hydrogen-bond acceptors (Lipinski definition) is 5. The number of aryl methyl sites for hydroxylation is 1. The SMILES string of the molecule is Cc1ccc(Cn2c(=O)c3ncccc3n(CC(=O)N3CCN(c4ccccc4)CC3)c2=O)cc1. The molecule has 5 rings (SSSR count). The lowest BCUT2D eigenvalue weighted by atomic mass is 10.1. The molecule has 1 amide bonds. The van der Waals surface area contributed by atoms with Crippen LogP contribution in [0.15, 0.2) is 82.5 Å². The van der Waals surface area contributed by atoms with Crippen molar-refractivity contribution in [2.75, 3.05) is 31.1 Å². The number of aromatic nitrogens is 3. The summed E-state index contributed by atoms with van der Waals surface area (Å²) in [6, 6.07) is 21.1. The van der Waals surface area contributed by atoms with Gasteiger partial charge in [0.25, 0.3) is 5.56 Å². The van der Waals surface area contributed by atoms with Crippen molar-refractivity contribution in [3.8, 4) is 0 Å². The van der Waals surface area contributed by atoms with E-state index < -0.39 is 11.2 Å². The molecule has 0 N–H and O–H groups in total. The number of nitrogens with zero attached hydrogens (tertiary/aromatic N) is 5. The molecule has 2 aromatic heterocycles. The fourth-order valence-corrected chi connectivity index (χ4v) is 4.50. The van der Waals surface area contributed by atoms with Crippen molar-refractivity contribution in [3.63, 3.8) is 0 Å². The molecule has 0 spiro atoms. The number of rotatable bonds is 5. The minimum atomic E-state index is -0.507. The summed E-state index contributed by atoms with van der Waals surface area (Å²) in [7, 11) is 0. The maximum atomic E-state index is 13.4.